The molecule has 3 rings (SSSR count). The molecule has 26 heavy (non-hydrogen) atoms. The van der Waals surface area contributed by atoms with E-state index in [1.54, 1.807) is 37.4 Å². The van der Waals surface area contributed by atoms with E-state index >= 15 is 0 Å². The van der Waals surface area contributed by atoms with Crippen LogP contribution in [0.1, 0.15) is 34.3 Å². The molecule has 0 spiro atoms. The average Bonchev–Trinajstić information content (AvgIpc) is 2.68. The molecule has 136 valence electrons. The Labute approximate surface area is 151 Å². The predicted octanol–water partition coefficient (Wildman–Crippen LogP) is 3.08. The molecule has 2 aromatic carbocycles. The van der Waals surface area contributed by atoms with Crippen LogP contribution in [0.5, 0.6) is 5.75 Å². The van der Waals surface area contributed by atoms with Gasteiger partial charge < -0.3 is 15.4 Å². The summed E-state index contributed by atoms with van der Waals surface area (Å²) in [5, 5.41) is 5.76. The number of ketones is 1. The largest absolute Gasteiger partial charge is 0.497 e. The van der Waals surface area contributed by atoms with E-state index in [2.05, 4.69) is 10.6 Å². The van der Waals surface area contributed by atoms with Crippen molar-refractivity contribution in [3.05, 3.63) is 58.9 Å². The Kier molecular flexibility index (Phi) is 5.63. The van der Waals surface area contributed by atoms with E-state index in [4.69, 9.17) is 4.74 Å². The summed E-state index contributed by atoms with van der Waals surface area (Å²) < 4.78 is 19.6. The van der Waals surface area contributed by atoms with Crippen LogP contribution >= 0.6 is 0 Å². The van der Waals surface area contributed by atoms with Crippen molar-refractivity contribution in [1.82, 2.24) is 5.32 Å². The van der Waals surface area contributed by atoms with Crippen LogP contribution in [-0.2, 0) is 17.8 Å². The number of benzene rings is 2. The van der Waals surface area contributed by atoms with E-state index in [1.165, 1.54) is 0 Å². The fourth-order valence-electron chi connectivity index (χ4n) is 2.99. The molecule has 0 radical (unpaired) electrons. The van der Waals surface area contributed by atoms with Crippen LogP contribution < -0.4 is 15.4 Å². The highest BCUT2D eigenvalue weighted by molar-refractivity contribution is 6.00. The zero-order chi connectivity index (χ0) is 18.5. The first-order chi connectivity index (χ1) is 12.6. The fourth-order valence-corrected chi connectivity index (χ4v) is 2.99. The first-order valence-corrected chi connectivity index (χ1v) is 8.56. The van der Waals surface area contributed by atoms with Crippen LogP contribution in [0.2, 0.25) is 0 Å². The number of fused-ring (bicyclic) bond motifs is 1. The number of nitrogens with one attached hydrogen (secondary N) is 2. The summed E-state index contributed by atoms with van der Waals surface area (Å²) in [4.78, 5) is 24.3. The topological polar surface area (TPSA) is 67.4 Å². The van der Waals surface area contributed by atoms with Gasteiger partial charge in [-0.15, -0.1) is 0 Å². The van der Waals surface area contributed by atoms with Crippen molar-refractivity contribution in [2.24, 2.45) is 0 Å². The second kappa shape index (κ2) is 8.10. The maximum absolute atomic E-state index is 14.5. The zero-order valence-corrected chi connectivity index (χ0v) is 14.6. The summed E-state index contributed by atoms with van der Waals surface area (Å²) in [7, 11) is 1.55. The van der Waals surface area contributed by atoms with Gasteiger partial charge in [-0.3, -0.25) is 9.59 Å². The van der Waals surface area contributed by atoms with Crippen LogP contribution in [0.15, 0.2) is 36.4 Å². The summed E-state index contributed by atoms with van der Waals surface area (Å²) in [6, 6.07) is 10.1. The second-order valence-corrected chi connectivity index (χ2v) is 6.19. The molecule has 6 heteroatoms. The Morgan fingerprint density at radius 2 is 1.92 bits per heavy atom. The standard InChI is InChI=1S/C20H21FN2O3/c1-26-15-5-2-13(3-6-15)18(24)8-9-19(25)23-17-7-4-14-12-22-11-10-16(14)20(17)21/h2-7,22H,8-12H2,1H3,(H,23,25). The smallest absolute Gasteiger partial charge is 0.224 e. The lowest BCUT2D eigenvalue weighted by Gasteiger charge is -2.19. The summed E-state index contributed by atoms with van der Waals surface area (Å²) in [5.74, 6) is -0.226. The summed E-state index contributed by atoms with van der Waals surface area (Å²) in [6.45, 7) is 1.36. The molecule has 5 nitrogen and oxygen atoms in total. The molecule has 0 bridgehead atoms. The van der Waals surface area contributed by atoms with Crippen molar-refractivity contribution >= 4 is 17.4 Å². The molecule has 0 unspecified atom stereocenters. The van der Waals surface area contributed by atoms with Crippen molar-refractivity contribution in [2.75, 3.05) is 19.0 Å². The summed E-state index contributed by atoms with van der Waals surface area (Å²) >= 11 is 0. The number of hydrogen-bond donors (Lipinski definition) is 2. The van der Waals surface area contributed by atoms with E-state index in [1.807, 2.05) is 6.07 Å². The number of methoxy groups -OCH3 is 1. The van der Waals surface area contributed by atoms with E-state index in [9.17, 15) is 14.0 Å². The number of ether oxygens (including phenoxy) is 1. The molecule has 2 N–H and O–H groups in total. The van der Waals surface area contributed by atoms with E-state index in [0.29, 0.717) is 29.8 Å². The van der Waals surface area contributed by atoms with Crippen LogP contribution in [0, 0.1) is 5.82 Å². The molecule has 1 aliphatic heterocycles. The molecular weight excluding hydrogens is 335 g/mol. The molecular formula is C20H21FN2O3. The third-order valence-corrected chi connectivity index (χ3v) is 4.47. The quantitative estimate of drug-likeness (QED) is 0.781. The van der Waals surface area contributed by atoms with Gasteiger partial charge in [0.05, 0.1) is 12.8 Å². The lowest BCUT2D eigenvalue weighted by atomic mass is 9.99. The van der Waals surface area contributed by atoms with Gasteiger partial charge in [0.25, 0.3) is 0 Å². The zero-order valence-electron chi connectivity index (χ0n) is 14.6. The summed E-state index contributed by atoms with van der Waals surface area (Å²) in [5.41, 5.74) is 2.26. The lowest BCUT2D eigenvalue weighted by Crippen LogP contribution is -2.25. The highest BCUT2D eigenvalue weighted by Crippen LogP contribution is 2.24. The van der Waals surface area contributed by atoms with E-state index in [0.717, 1.165) is 12.1 Å². The number of carbonyl (C=O) groups is 2. The van der Waals surface area contributed by atoms with Gasteiger partial charge in [0, 0.05) is 24.9 Å². The number of amides is 1. The first kappa shape index (κ1) is 18.1. The van der Waals surface area contributed by atoms with Gasteiger partial charge in [-0.1, -0.05) is 6.07 Å². The molecule has 0 atom stereocenters. The van der Waals surface area contributed by atoms with Crippen molar-refractivity contribution < 1.29 is 18.7 Å². The Morgan fingerprint density at radius 1 is 1.15 bits per heavy atom. The minimum atomic E-state index is -0.376. The molecule has 0 fully saturated rings. The van der Waals surface area contributed by atoms with Crippen molar-refractivity contribution in [1.29, 1.82) is 0 Å². The monoisotopic (exact) mass is 356 g/mol. The van der Waals surface area contributed by atoms with Gasteiger partial charge in [-0.2, -0.15) is 0 Å². The average molecular weight is 356 g/mol. The number of rotatable bonds is 6. The second-order valence-electron chi connectivity index (χ2n) is 6.19. The highest BCUT2D eigenvalue weighted by Gasteiger charge is 2.18. The van der Waals surface area contributed by atoms with Gasteiger partial charge in [-0.25, -0.2) is 4.39 Å². The highest BCUT2D eigenvalue weighted by atomic mass is 19.1. The lowest BCUT2D eigenvalue weighted by molar-refractivity contribution is -0.116. The molecule has 1 aliphatic rings. The van der Waals surface area contributed by atoms with Gasteiger partial charge in [0.2, 0.25) is 5.91 Å². The molecule has 2 aromatic rings. The predicted molar refractivity (Wildman–Crippen MR) is 97.0 cm³/mol. The Balaban J connectivity index is 1.58. The maximum Gasteiger partial charge on any atom is 0.224 e. The molecule has 0 aliphatic carbocycles. The van der Waals surface area contributed by atoms with Gasteiger partial charge in [0.15, 0.2) is 5.78 Å². The van der Waals surface area contributed by atoms with E-state index < -0.39 is 0 Å². The number of halogens is 1. The Bertz CT molecular complexity index is 819. The fraction of sp³-hybridized carbons (Fsp3) is 0.300. The van der Waals surface area contributed by atoms with Crippen LogP contribution in [0.4, 0.5) is 10.1 Å². The van der Waals surface area contributed by atoms with E-state index in [-0.39, 0.29) is 36.0 Å². The van der Waals surface area contributed by atoms with Crippen molar-refractivity contribution in [2.45, 2.75) is 25.8 Å². The molecule has 0 aromatic heterocycles. The molecule has 0 saturated carbocycles. The minimum Gasteiger partial charge on any atom is -0.497 e. The molecule has 1 heterocycles. The Hall–Kier alpha value is -2.73. The van der Waals surface area contributed by atoms with Crippen LogP contribution in [0.25, 0.3) is 0 Å². The summed E-state index contributed by atoms with van der Waals surface area (Å²) in [6.07, 6.45) is 0.665. The SMILES string of the molecule is COc1ccc(C(=O)CCC(=O)Nc2ccc3c(c2F)CCNC3)cc1. The van der Waals surface area contributed by atoms with Crippen LogP contribution in [0.3, 0.4) is 0 Å². The van der Waals surface area contributed by atoms with Crippen LogP contribution in [-0.4, -0.2) is 25.3 Å². The minimum absolute atomic E-state index is 0.00292. The van der Waals surface area contributed by atoms with Crippen molar-refractivity contribution in [3.63, 3.8) is 0 Å². The molecule has 0 saturated heterocycles. The van der Waals surface area contributed by atoms with Gasteiger partial charge in [0.1, 0.15) is 11.6 Å². The number of hydrogen-bond acceptors (Lipinski definition) is 4. The van der Waals surface area contributed by atoms with Gasteiger partial charge >= 0.3 is 0 Å². The number of Topliss-reactive ketones (excluding diaryl/α,β-unsaturated/α-hetero) is 1. The maximum atomic E-state index is 14.5. The van der Waals surface area contributed by atoms with Crippen molar-refractivity contribution in [3.8, 4) is 5.75 Å². The first-order valence-electron chi connectivity index (χ1n) is 8.56. The molecule has 1 amide bonds. The third kappa shape index (κ3) is 4.08. The number of anilines is 1. The number of carbonyl (C=O) groups excluding carboxylic acids is 2. The normalized spacial score (nSPS) is 13.0. The Morgan fingerprint density at radius 3 is 2.65 bits per heavy atom. The third-order valence-electron chi connectivity index (χ3n) is 4.47. The van der Waals surface area contributed by atoms with Gasteiger partial charge in [-0.05, 0) is 54.4 Å².